The van der Waals surface area contributed by atoms with E-state index in [-0.39, 0.29) is 5.91 Å². The lowest BCUT2D eigenvalue weighted by atomic mass is 9.87. The van der Waals surface area contributed by atoms with Crippen LogP contribution in [0.2, 0.25) is 0 Å². The lowest BCUT2D eigenvalue weighted by molar-refractivity contribution is -0.131. The number of hydrogen-bond donors (Lipinski definition) is 1. The Balaban J connectivity index is 2.53. The highest BCUT2D eigenvalue weighted by Crippen LogP contribution is 2.27. The number of hydrogen-bond acceptors (Lipinski definition) is 3. The topological polar surface area (TPSA) is 55.6 Å². The van der Waals surface area contributed by atoms with Crippen molar-refractivity contribution in [1.29, 1.82) is 0 Å². The van der Waals surface area contributed by atoms with Crippen LogP contribution in [-0.2, 0) is 9.53 Å². The Bertz CT molecular complexity index is 221. The van der Waals surface area contributed by atoms with Gasteiger partial charge in [0.2, 0.25) is 5.91 Å². The van der Waals surface area contributed by atoms with E-state index >= 15 is 0 Å². The van der Waals surface area contributed by atoms with Gasteiger partial charge in [0.1, 0.15) is 0 Å². The van der Waals surface area contributed by atoms with E-state index in [9.17, 15) is 4.79 Å². The van der Waals surface area contributed by atoms with Crippen LogP contribution in [0.3, 0.4) is 0 Å². The molecular weight excluding hydrogens is 192 g/mol. The van der Waals surface area contributed by atoms with Crippen molar-refractivity contribution in [3.8, 4) is 0 Å². The molecule has 4 nitrogen and oxygen atoms in total. The standard InChI is InChI=1S/C11H22N2O2/c1-11(10(12)14)6-3-4-7-13(11)8-5-9-15-2/h3-9H2,1-2H3,(H2,12,14). The summed E-state index contributed by atoms with van der Waals surface area (Å²) in [6.45, 7) is 4.57. The molecule has 0 aliphatic carbocycles. The number of nitrogens with zero attached hydrogens (tertiary/aromatic N) is 1. The summed E-state index contributed by atoms with van der Waals surface area (Å²) in [7, 11) is 1.70. The molecule has 1 amide bonds. The Morgan fingerprint density at radius 1 is 1.53 bits per heavy atom. The molecule has 1 aliphatic heterocycles. The van der Waals surface area contributed by atoms with Gasteiger partial charge < -0.3 is 10.5 Å². The first-order valence-corrected chi connectivity index (χ1v) is 5.65. The maximum absolute atomic E-state index is 11.5. The molecule has 1 fully saturated rings. The van der Waals surface area contributed by atoms with Gasteiger partial charge in [0.15, 0.2) is 0 Å². The summed E-state index contributed by atoms with van der Waals surface area (Å²) in [6, 6.07) is 0. The van der Waals surface area contributed by atoms with Crippen molar-refractivity contribution in [3.63, 3.8) is 0 Å². The van der Waals surface area contributed by atoms with E-state index in [0.717, 1.165) is 45.4 Å². The van der Waals surface area contributed by atoms with Crippen LogP contribution < -0.4 is 5.73 Å². The van der Waals surface area contributed by atoms with Crippen molar-refractivity contribution < 1.29 is 9.53 Å². The van der Waals surface area contributed by atoms with Crippen LogP contribution in [0, 0.1) is 0 Å². The molecule has 0 spiro atoms. The smallest absolute Gasteiger partial charge is 0.237 e. The van der Waals surface area contributed by atoms with E-state index in [1.165, 1.54) is 0 Å². The van der Waals surface area contributed by atoms with E-state index in [2.05, 4.69) is 4.90 Å². The third-order valence-corrected chi connectivity index (χ3v) is 3.35. The predicted molar refractivity (Wildman–Crippen MR) is 59.5 cm³/mol. The number of primary amides is 1. The second-order valence-electron chi connectivity index (χ2n) is 4.43. The van der Waals surface area contributed by atoms with Crippen LogP contribution >= 0.6 is 0 Å². The van der Waals surface area contributed by atoms with Gasteiger partial charge >= 0.3 is 0 Å². The molecule has 0 aromatic rings. The number of methoxy groups -OCH3 is 1. The van der Waals surface area contributed by atoms with Gasteiger partial charge in [0.05, 0.1) is 5.54 Å². The monoisotopic (exact) mass is 214 g/mol. The molecule has 0 radical (unpaired) electrons. The SMILES string of the molecule is COCCCN1CCCCC1(C)C(N)=O. The van der Waals surface area contributed by atoms with Crippen molar-refractivity contribution in [3.05, 3.63) is 0 Å². The van der Waals surface area contributed by atoms with Crippen molar-refractivity contribution in [1.82, 2.24) is 4.90 Å². The Morgan fingerprint density at radius 2 is 2.27 bits per heavy atom. The molecule has 1 rings (SSSR count). The fraction of sp³-hybridized carbons (Fsp3) is 0.909. The molecule has 1 heterocycles. The van der Waals surface area contributed by atoms with Crippen molar-refractivity contribution in [2.45, 2.75) is 38.1 Å². The van der Waals surface area contributed by atoms with Gasteiger partial charge in [-0.2, -0.15) is 0 Å². The van der Waals surface area contributed by atoms with Gasteiger partial charge in [0, 0.05) is 20.3 Å². The number of likely N-dealkylation sites (tertiary alicyclic amines) is 1. The minimum absolute atomic E-state index is 0.195. The third kappa shape index (κ3) is 2.92. The van der Waals surface area contributed by atoms with Crippen molar-refractivity contribution in [2.24, 2.45) is 5.73 Å². The highest BCUT2D eigenvalue weighted by molar-refractivity contribution is 5.84. The van der Waals surface area contributed by atoms with Crippen LogP contribution in [0.4, 0.5) is 0 Å². The molecule has 0 saturated carbocycles. The van der Waals surface area contributed by atoms with Gasteiger partial charge in [-0.3, -0.25) is 9.69 Å². The summed E-state index contributed by atoms with van der Waals surface area (Å²) < 4.78 is 5.02. The molecule has 0 bridgehead atoms. The first-order chi connectivity index (χ1) is 7.11. The average Bonchev–Trinajstić information content (AvgIpc) is 2.21. The van der Waals surface area contributed by atoms with Crippen LogP contribution in [0.15, 0.2) is 0 Å². The molecule has 15 heavy (non-hydrogen) atoms. The minimum atomic E-state index is -0.439. The Kier molecular flexibility index (Phi) is 4.54. The van der Waals surface area contributed by atoms with Crippen molar-refractivity contribution >= 4 is 5.91 Å². The van der Waals surface area contributed by atoms with Gasteiger partial charge in [-0.1, -0.05) is 0 Å². The molecule has 1 unspecified atom stereocenters. The fourth-order valence-electron chi connectivity index (χ4n) is 2.21. The molecule has 0 aromatic heterocycles. The third-order valence-electron chi connectivity index (χ3n) is 3.35. The zero-order valence-electron chi connectivity index (χ0n) is 9.79. The zero-order valence-corrected chi connectivity index (χ0v) is 9.79. The number of ether oxygens (including phenoxy) is 1. The zero-order chi connectivity index (χ0) is 11.3. The first kappa shape index (κ1) is 12.5. The van der Waals surface area contributed by atoms with Gasteiger partial charge in [-0.15, -0.1) is 0 Å². The normalized spacial score (nSPS) is 27.9. The van der Waals surface area contributed by atoms with E-state index in [0.29, 0.717) is 0 Å². The lowest BCUT2D eigenvalue weighted by Gasteiger charge is -2.42. The summed E-state index contributed by atoms with van der Waals surface area (Å²) in [5.74, 6) is -0.195. The fourth-order valence-corrected chi connectivity index (χ4v) is 2.21. The number of carbonyl (C=O) groups is 1. The van der Waals surface area contributed by atoms with E-state index in [1.54, 1.807) is 7.11 Å². The summed E-state index contributed by atoms with van der Waals surface area (Å²) in [5.41, 5.74) is 5.05. The quantitative estimate of drug-likeness (QED) is 0.687. The largest absolute Gasteiger partial charge is 0.385 e. The second kappa shape index (κ2) is 5.47. The maximum Gasteiger partial charge on any atom is 0.237 e. The van der Waals surface area contributed by atoms with Crippen LogP contribution in [0.25, 0.3) is 0 Å². The highest BCUT2D eigenvalue weighted by Gasteiger charge is 2.38. The minimum Gasteiger partial charge on any atom is -0.385 e. The van der Waals surface area contributed by atoms with Gasteiger partial charge in [0.25, 0.3) is 0 Å². The Hall–Kier alpha value is -0.610. The number of nitrogens with two attached hydrogens (primary N) is 1. The van der Waals surface area contributed by atoms with Gasteiger partial charge in [-0.05, 0) is 39.2 Å². The maximum atomic E-state index is 11.5. The summed E-state index contributed by atoms with van der Waals surface area (Å²) in [4.78, 5) is 13.7. The molecule has 88 valence electrons. The van der Waals surface area contributed by atoms with E-state index in [1.807, 2.05) is 6.92 Å². The summed E-state index contributed by atoms with van der Waals surface area (Å²) >= 11 is 0. The summed E-state index contributed by atoms with van der Waals surface area (Å²) in [6.07, 6.45) is 4.10. The molecule has 1 atom stereocenters. The number of amides is 1. The predicted octanol–water partition coefficient (Wildman–Crippen LogP) is 0.753. The molecule has 4 heteroatoms. The summed E-state index contributed by atoms with van der Waals surface area (Å²) in [5, 5.41) is 0. The molecular formula is C11H22N2O2. The molecule has 1 aliphatic rings. The van der Waals surface area contributed by atoms with E-state index < -0.39 is 5.54 Å². The lowest BCUT2D eigenvalue weighted by Crippen LogP contribution is -2.58. The average molecular weight is 214 g/mol. The molecule has 2 N–H and O–H groups in total. The molecule has 0 aromatic carbocycles. The van der Waals surface area contributed by atoms with Crippen LogP contribution in [-0.4, -0.2) is 43.2 Å². The Labute approximate surface area is 91.8 Å². The van der Waals surface area contributed by atoms with Crippen LogP contribution in [0.5, 0.6) is 0 Å². The highest BCUT2D eigenvalue weighted by atomic mass is 16.5. The number of carbonyl (C=O) groups excluding carboxylic acids is 1. The Morgan fingerprint density at radius 3 is 2.87 bits per heavy atom. The van der Waals surface area contributed by atoms with E-state index in [4.69, 9.17) is 10.5 Å². The number of rotatable bonds is 5. The van der Waals surface area contributed by atoms with Gasteiger partial charge in [-0.25, -0.2) is 0 Å². The second-order valence-corrected chi connectivity index (χ2v) is 4.43. The van der Waals surface area contributed by atoms with Crippen molar-refractivity contribution in [2.75, 3.05) is 26.8 Å². The number of piperidine rings is 1. The molecule has 1 saturated heterocycles. The first-order valence-electron chi connectivity index (χ1n) is 5.65. The van der Waals surface area contributed by atoms with Crippen LogP contribution in [0.1, 0.15) is 32.6 Å².